The fraction of sp³-hybridized carbons (Fsp3) is 0.727. The minimum atomic E-state index is -1.58. The largest absolute Gasteiger partial charge is 0.394 e. The van der Waals surface area contributed by atoms with Gasteiger partial charge in [0.15, 0.2) is 6.29 Å². The lowest BCUT2D eigenvalue weighted by atomic mass is 9.99. The van der Waals surface area contributed by atoms with Crippen LogP contribution < -0.4 is 5.32 Å². The predicted octanol–water partition coefficient (Wildman–Crippen LogP) is 11.9. The summed E-state index contributed by atoms with van der Waals surface area (Å²) in [6, 6.07) is -0.829. The van der Waals surface area contributed by atoms with Crippen molar-refractivity contribution in [2.75, 3.05) is 13.2 Å². The second kappa shape index (κ2) is 44.2. The van der Waals surface area contributed by atoms with E-state index in [1.165, 1.54) is 103 Å². The maximum atomic E-state index is 13.0. The number of carbonyl (C=O) groups excluding carboxylic acids is 1. The number of rotatable bonds is 42. The average molecular weight is 898 g/mol. The molecule has 1 aliphatic heterocycles. The zero-order chi connectivity index (χ0) is 46.6. The molecule has 9 heteroatoms. The number of allylic oxidation sites excluding steroid dienone is 13. The Kier molecular flexibility index (Phi) is 41.0. The van der Waals surface area contributed by atoms with Crippen LogP contribution in [-0.4, -0.2) is 87.5 Å². The van der Waals surface area contributed by atoms with E-state index >= 15 is 0 Å². The number of hydrogen-bond acceptors (Lipinski definition) is 8. The Hall–Kier alpha value is -2.63. The zero-order valence-corrected chi connectivity index (χ0v) is 40.5. The number of hydrogen-bond donors (Lipinski definition) is 6. The normalized spacial score (nSPS) is 20.8. The number of unbranched alkanes of at least 4 members (excludes halogenated alkanes) is 20. The molecule has 0 aromatic rings. The van der Waals surface area contributed by atoms with Gasteiger partial charge in [0.2, 0.25) is 5.91 Å². The van der Waals surface area contributed by atoms with Crippen LogP contribution in [-0.2, 0) is 14.3 Å². The van der Waals surface area contributed by atoms with E-state index in [-0.39, 0.29) is 12.5 Å². The first kappa shape index (κ1) is 59.4. The minimum Gasteiger partial charge on any atom is -0.394 e. The SMILES string of the molecule is CC/C=C\C/C=C\C/C=C\C/C=C\CCCCCCCCCCCCCCCCCCCCC(=O)NC(COC1OC(CO)C(O)C(O)C1O)C(O)/C=C/CC/C=C/CC/C=C/CC. The molecule has 7 unspecified atom stereocenters. The highest BCUT2D eigenvalue weighted by Crippen LogP contribution is 2.23. The lowest BCUT2D eigenvalue weighted by Gasteiger charge is -2.40. The van der Waals surface area contributed by atoms with E-state index in [1.807, 2.05) is 6.08 Å². The molecular weight excluding hydrogens is 803 g/mol. The quantitative estimate of drug-likeness (QED) is 0.0262. The van der Waals surface area contributed by atoms with E-state index < -0.39 is 49.5 Å². The topological polar surface area (TPSA) is 149 Å². The molecule has 1 amide bonds. The zero-order valence-electron chi connectivity index (χ0n) is 40.5. The summed E-state index contributed by atoms with van der Waals surface area (Å²) in [4.78, 5) is 13.0. The average Bonchev–Trinajstić information content (AvgIpc) is 3.29. The van der Waals surface area contributed by atoms with Gasteiger partial charge in [-0.05, 0) is 77.0 Å². The highest BCUT2D eigenvalue weighted by Gasteiger charge is 2.44. The molecule has 1 fully saturated rings. The number of amides is 1. The molecule has 0 spiro atoms. The van der Waals surface area contributed by atoms with E-state index in [1.54, 1.807) is 6.08 Å². The third kappa shape index (κ3) is 33.8. The Bertz CT molecular complexity index is 1270. The first-order valence-corrected chi connectivity index (χ1v) is 25.8. The molecule has 6 N–H and O–H groups in total. The first-order chi connectivity index (χ1) is 31.3. The molecule has 0 aromatic carbocycles. The van der Waals surface area contributed by atoms with Gasteiger partial charge in [0.05, 0.1) is 25.4 Å². The van der Waals surface area contributed by atoms with Gasteiger partial charge in [-0.15, -0.1) is 0 Å². The van der Waals surface area contributed by atoms with Gasteiger partial charge in [0.1, 0.15) is 24.4 Å². The smallest absolute Gasteiger partial charge is 0.220 e. The second-order valence-electron chi connectivity index (χ2n) is 17.5. The first-order valence-electron chi connectivity index (χ1n) is 25.8. The van der Waals surface area contributed by atoms with Crippen molar-refractivity contribution in [1.82, 2.24) is 5.32 Å². The molecule has 1 heterocycles. The number of ether oxygens (including phenoxy) is 2. The molecule has 64 heavy (non-hydrogen) atoms. The van der Waals surface area contributed by atoms with Gasteiger partial charge in [-0.25, -0.2) is 0 Å². The van der Waals surface area contributed by atoms with Crippen molar-refractivity contribution in [1.29, 1.82) is 0 Å². The molecule has 1 rings (SSSR count). The maximum absolute atomic E-state index is 13.0. The van der Waals surface area contributed by atoms with Crippen LogP contribution in [0.4, 0.5) is 0 Å². The summed E-state index contributed by atoms with van der Waals surface area (Å²) in [7, 11) is 0. The monoisotopic (exact) mass is 898 g/mol. The van der Waals surface area contributed by atoms with Gasteiger partial charge in [-0.2, -0.15) is 0 Å². The fourth-order valence-electron chi connectivity index (χ4n) is 7.66. The molecule has 0 radical (unpaired) electrons. The summed E-state index contributed by atoms with van der Waals surface area (Å²) in [6.45, 7) is 3.50. The van der Waals surface area contributed by atoms with Crippen LogP contribution >= 0.6 is 0 Å². The van der Waals surface area contributed by atoms with E-state index in [9.17, 15) is 30.3 Å². The minimum absolute atomic E-state index is 0.195. The molecule has 0 saturated carbocycles. The Morgan fingerprint density at radius 3 is 1.44 bits per heavy atom. The van der Waals surface area contributed by atoms with Crippen molar-refractivity contribution in [2.24, 2.45) is 0 Å². The molecule has 9 nitrogen and oxygen atoms in total. The summed E-state index contributed by atoms with van der Waals surface area (Å²) in [5, 5.41) is 54.1. The van der Waals surface area contributed by atoms with Gasteiger partial charge in [0, 0.05) is 6.42 Å². The van der Waals surface area contributed by atoms with E-state index in [0.717, 1.165) is 77.0 Å². The lowest BCUT2D eigenvalue weighted by molar-refractivity contribution is -0.302. The highest BCUT2D eigenvalue weighted by molar-refractivity contribution is 5.76. The second-order valence-corrected chi connectivity index (χ2v) is 17.5. The van der Waals surface area contributed by atoms with Crippen molar-refractivity contribution in [3.8, 4) is 0 Å². The summed E-state index contributed by atoms with van der Waals surface area (Å²) in [6.07, 6.45) is 55.3. The van der Waals surface area contributed by atoms with Crippen molar-refractivity contribution in [3.63, 3.8) is 0 Å². The summed E-state index contributed by atoms with van der Waals surface area (Å²) < 4.78 is 11.2. The Balaban J connectivity index is 2.14. The number of nitrogens with one attached hydrogen (secondary N) is 1. The van der Waals surface area contributed by atoms with E-state index in [4.69, 9.17) is 9.47 Å². The fourth-order valence-corrected chi connectivity index (χ4v) is 7.66. The molecular formula is C55H95NO8. The standard InChI is InChI=1S/C55H95NO8/c1-3-5-7-9-11-13-15-16-17-18-19-20-21-22-23-24-25-26-27-28-29-30-31-32-33-34-35-37-39-41-43-45-51(59)56-48(47-63-55-54(62)53(61)52(60)50(46-57)64-55)49(58)44-42-40-38-36-14-12-10-8-6-4-2/h5-8,11,13-14,16-17,19-20,36,42,44,48-50,52-55,57-58,60-62H,3-4,9-10,12,15,18,21-35,37-41,43,45-47H2,1-2H3,(H,56,59)/b7-5-,8-6+,13-11-,17-16-,20-19-,36-14+,44-42+. The van der Waals surface area contributed by atoms with Crippen LogP contribution in [0.5, 0.6) is 0 Å². The van der Waals surface area contributed by atoms with Crippen LogP contribution in [0.3, 0.4) is 0 Å². The summed E-state index contributed by atoms with van der Waals surface area (Å²) in [5.41, 5.74) is 0. The van der Waals surface area contributed by atoms with Crippen molar-refractivity contribution in [3.05, 3.63) is 85.1 Å². The van der Waals surface area contributed by atoms with Crippen LogP contribution in [0.1, 0.15) is 200 Å². The van der Waals surface area contributed by atoms with E-state index in [0.29, 0.717) is 6.42 Å². The van der Waals surface area contributed by atoms with Crippen LogP contribution in [0.15, 0.2) is 85.1 Å². The van der Waals surface area contributed by atoms with Crippen LogP contribution in [0.25, 0.3) is 0 Å². The number of aliphatic hydroxyl groups excluding tert-OH is 5. The lowest BCUT2D eigenvalue weighted by Crippen LogP contribution is -2.60. The summed E-state index contributed by atoms with van der Waals surface area (Å²) in [5.74, 6) is -0.195. The number of carbonyl (C=O) groups is 1. The van der Waals surface area contributed by atoms with Crippen molar-refractivity contribution < 1.29 is 39.8 Å². The van der Waals surface area contributed by atoms with Gasteiger partial charge < -0.3 is 40.3 Å². The Morgan fingerprint density at radius 1 is 0.531 bits per heavy atom. The van der Waals surface area contributed by atoms with Crippen LogP contribution in [0, 0.1) is 0 Å². The molecule has 0 aromatic heterocycles. The van der Waals surface area contributed by atoms with Gasteiger partial charge in [-0.1, -0.05) is 202 Å². The Labute approximate surface area is 391 Å². The third-order valence-electron chi connectivity index (χ3n) is 11.7. The van der Waals surface area contributed by atoms with Gasteiger partial charge in [0.25, 0.3) is 0 Å². The summed E-state index contributed by atoms with van der Waals surface area (Å²) >= 11 is 0. The van der Waals surface area contributed by atoms with Crippen molar-refractivity contribution in [2.45, 2.75) is 243 Å². The molecule has 1 aliphatic rings. The number of aliphatic hydroxyl groups is 5. The molecule has 1 saturated heterocycles. The van der Waals surface area contributed by atoms with Crippen molar-refractivity contribution >= 4 is 5.91 Å². The van der Waals surface area contributed by atoms with E-state index in [2.05, 4.69) is 92.1 Å². The molecule has 0 aliphatic carbocycles. The third-order valence-corrected chi connectivity index (χ3v) is 11.7. The van der Waals surface area contributed by atoms with Gasteiger partial charge in [-0.3, -0.25) is 4.79 Å². The molecule has 7 atom stereocenters. The van der Waals surface area contributed by atoms with Gasteiger partial charge >= 0.3 is 0 Å². The highest BCUT2D eigenvalue weighted by atomic mass is 16.7. The maximum Gasteiger partial charge on any atom is 0.220 e. The molecule has 368 valence electrons. The molecule has 0 bridgehead atoms. The Morgan fingerprint density at radius 2 is 0.938 bits per heavy atom. The predicted molar refractivity (Wildman–Crippen MR) is 267 cm³/mol. The van der Waals surface area contributed by atoms with Crippen LogP contribution in [0.2, 0.25) is 0 Å².